The Morgan fingerprint density at radius 2 is 1.79 bits per heavy atom. The molecule has 0 radical (unpaired) electrons. The third-order valence-electron chi connectivity index (χ3n) is 11.1. The molecule has 0 heterocycles. The summed E-state index contributed by atoms with van der Waals surface area (Å²) in [6.07, 6.45) is 6.38. The highest BCUT2D eigenvalue weighted by Crippen LogP contribution is 2.67. The van der Waals surface area contributed by atoms with Gasteiger partial charge in [0.2, 0.25) is 0 Å². The molecular formula is C28H45F3O2. The highest BCUT2D eigenvalue weighted by Gasteiger charge is 2.59. The first-order valence-electron chi connectivity index (χ1n) is 13.5. The van der Waals surface area contributed by atoms with Crippen molar-refractivity contribution in [2.24, 2.45) is 40.4 Å². The van der Waals surface area contributed by atoms with Crippen LogP contribution in [-0.2, 0) is 0 Å². The number of aliphatic hydroxyl groups is 2. The zero-order valence-electron chi connectivity index (χ0n) is 21.1. The summed E-state index contributed by atoms with van der Waals surface area (Å²) in [5.41, 5.74) is 1.46. The Morgan fingerprint density at radius 1 is 1.06 bits per heavy atom. The predicted molar refractivity (Wildman–Crippen MR) is 126 cm³/mol. The van der Waals surface area contributed by atoms with E-state index >= 15 is 0 Å². The van der Waals surface area contributed by atoms with Crippen molar-refractivity contribution in [3.05, 3.63) is 11.6 Å². The Bertz CT molecular complexity index is 748. The van der Waals surface area contributed by atoms with Gasteiger partial charge in [-0.3, -0.25) is 0 Å². The lowest BCUT2D eigenvalue weighted by Crippen LogP contribution is -2.52. The molecule has 1 unspecified atom stereocenters. The maximum atomic E-state index is 12.6. The van der Waals surface area contributed by atoms with Crippen LogP contribution < -0.4 is 0 Å². The van der Waals surface area contributed by atoms with E-state index in [1.807, 2.05) is 0 Å². The summed E-state index contributed by atoms with van der Waals surface area (Å²) < 4.78 is 37.8. The number of aliphatic hydroxyl groups excluding tert-OH is 1. The fourth-order valence-corrected chi connectivity index (χ4v) is 9.01. The van der Waals surface area contributed by atoms with Crippen LogP contribution in [0.3, 0.4) is 0 Å². The summed E-state index contributed by atoms with van der Waals surface area (Å²) >= 11 is 0. The van der Waals surface area contributed by atoms with Crippen molar-refractivity contribution in [2.45, 2.75) is 123 Å². The van der Waals surface area contributed by atoms with Crippen molar-refractivity contribution < 1.29 is 23.4 Å². The van der Waals surface area contributed by atoms with Crippen LogP contribution in [0, 0.1) is 40.4 Å². The predicted octanol–water partition coefficient (Wildman–Crippen LogP) is 7.44. The molecule has 0 aliphatic heterocycles. The van der Waals surface area contributed by atoms with E-state index in [9.17, 15) is 23.4 Å². The quantitative estimate of drug-likeness (QED) is 0.396. The zero-order chi connectivity index (χ0) is 24.2. The third kappa shape index (κ3) is 4.67. The Balaban J connectivity index is 1.44. The SMILES string of the molecule is CC[C@]1(O)CCC2(C)C(=CC[C@@H]3[C@@H]2CC[C@]2(C)[C@@H]([C@H](C)CC[C@@H](O)CC(F)(F)F)CC[C@@H]32)C1. The topological polar surface area (TPSA) is 40.5 Å². The number of allylic oxidation sites excluding steroid dienone is 1. The van der Waals surface area contributed by atoms with Gasteiger partial charge in [-0.2, -0.15) is 13.2 Å². The molecule has 5 heteroatoms. The second-order valence-corrected chi connectivity index (χ2v) is 12.8. The smallest absolute Gasteiger partial charge is 0.391 e. The molecule has 0 spiro atoms. The fourth-order valence-electron chi connectivity index (χ4n) is 9.01. The van der Waals surface area contributed by atoms with E-state index in [0.717, 1.165) is 32.1 Å². The second kappa shape index (κ2) is 8.84. The molecule has 2 nitrogen and oxygen atoms in total. The number of fused-ring (bicyclic) bond motifs is 5. The van der Waals surface area contributed by atoms with Gasteiger partial charge in [0.15, 0.2) is 0 Å². The lowest BCUT2D eigenvalue weighted by atomic mass is 9.46. The van der Waals surface area contributed by atoms with E-state index in [4.69, 9.17) is 0 Å². The van der Waals surface area contributed by atoms with Gasteiger partial charge in [-0.1, -0.05) is 39.3 Å². The van der Waals surface area contributed by atoms with Crippen molar-refractivity contribution in [3.8, 4) is 0 Å². The minimum atomic E-state index is -4.29. The molecule has 3 saturated carbocycles. The molecule has 0 bridgehead atoms. The first-order valence-corrected chi connectivity index (χ1v) is 13.5. The average Bonchev–Trinajstić information content (AvgIpc) is 3.09. The van der Waals surface area contributed by atoms with Gasteiger partial charge in [0, 0.05) is 0 Å². The Kier molecular flexibility index (Phi) is 6.84. The van der Waals surface area contributed by atoms with Gasteiger partial charge in [0.25, 0.3) is 0 Å². The molecule has 4 rings (SSSR count). The molecule has 0 aromatic rings. The normalized spacial score (nSPS) is 44.9. The summed E-state index contributed by atoms with van der Waals surface area (Å²) in [4.78, 5) is 0. The monoisotopic (exact) mass is 470 g/mol. The van der Waals surface area contributed by atoms with Crippen LogP contribution in [0.25, 0.3) is 0 Å². The van der Waals surface area contributed by atoms with Gasteiger partial charge in [-0.15, -0.1) is 0 Å². The second-order valence-electron chi connectivity index (χ2n) is 12.8. The largest absolute Gasteiger partial charge is 0.393 e. The van der Waals surface area contributed by atoms with Crippen molar-refractivity contribution >= 4 is 0 Å². The van der Waals surface area contributed by atoms with Crippen molar-refractivity contribution in [2.75, 3.05) is 0 Å². The summed E-state index contributed by atoms with van der Waals surface area (Å²) in [6.45, 7) is 9.23. The highest BCUT2D eigenvalue weighted by molar-refractivity contribution is 5.27. The first kappa shape index (κ1) is 25.5. The van der Waals surface area contributed by atoms with E-state index < -0.39 is 24.3 Å². The third-order valence-corrected chi connectivity index (χ3v) is 11.1. The maximum absolute atomic E-state index is 12.6. The van der Waals surface area contributed by atoms with E-state index in [0.29, 0.717) is 36.0 Å². The van der Waals surface area contributed by atoms with Crippen LogP contribution in [0.2, 0.25) is 0 Å². The Hall–Kier alpha value is -0.550. The molecule has 4 aliphatic rings. The van der Waals surface area contributed by atoms with Gasteiger partial charge in [0.05, 0.1) is 18.1 Å². The molecule has 3 fully saturated rings. The van der Waals surface area contributed by atoms with E-state index in [-0.39, 0.29) is 17.3 Å². The maximum Gasteiger partial charge on any atom is 0.391 e. The van der Waals surface area contributed by atoms with Crippen molar-refractivity contribution in [1.29, 1.82) is 0 Å². The number of rotatable bonds is 6. The molecule has 0 saturated heterocycles. The van der Waals surface area contributed by atoms with Gasteiger partial charge in [-0.05, 0) is 111 Å². The molecule has 9 atom stereocenters. The zero-order valence-corrected chi connectivity index (χ0v) is 21.1. The number of hydrogen-bond donors (Lipinski definition) is 2. The van der Waals surface area contributed by atoms with Crippen LogP contribution in [0.5, 0.6) is 0 Å². The van der Waals surface area contributed by atoms with Crippen LogP contribution in [0.4, 0.5) is 13.2 Å². The standard InChI is InChI=1S/C28H45F3O2/c1-5-27(33)15-14-25(3)19(16-27)7-9-21-23-11-10-22(26(23,4)13-12-24(21)25)18(2)6-8-20(32)17-28(29,30)31/h7,18,20-24,32-33H,5-6,8-17H2,1-4H3/t18-,20-,21+,22-,23+,24+,25?,26-,27+/m1/s1. The highest BCUT2D eigenvalue weighted by atomic mass is 19.4. The van der Waals surface area contributed by atoms with Crippen molar-refractivity contribution in [1.82, 2.24) is 0 Å². The van der Waals surface area contributed by atoms with Crippen LogP contribution in [0.15, 0.2) is 11.6 Å². The molecule has 2 N–H and O–H groups in total. The molecule has 0 aromatic heterocycles. The van der Waals surface area contributed by atoms with Crippen LogP contribution in [-0.4, -0.2) is 28.1 Å². The Labute approximate surface area is 198 Å². The summed E-state index contributed by atoms with van der Waals surface area (Å²) in [5.74, 6) is 2.96. The molecule has 0 amide bonds. The van der Waals surface area contributed by atoms with Gasteiger partial charge >= 0.3 is 6.18 Å². The van der Waals surface area contributed by atoms with Gasteiger partial charge in [0.1, 0.15) is 0 Å². The minimum absolute atomic E-state index is 0.219. The number of alkyl halides is 3. The molecular weight excluding hydrogens is 425 g/mol. The lowest BCUT2D eigenvalue weighted by molar-refractivity contribution is -0.154. The summed E-state index contributed by atoms with van der Waals surface area (Å²) in [7, 11) is 0. The average molecular weight is 471 g/mol. The molecule has 190 valence electrons. The molecule has 4 aliphatic carbocycles. The fraction of sp³-hybridized carbons (Fsp3) is 0.929. The van der Waals surface area contributed by atoms with E-state index in [2.05, 4.69) is 33.8 Å². The minimum Gasteiger partial charge on any atom is -0.393 e. The number of hydrogen-bond acceptors (Lipinski definition) is 2. The van der Waals surface area contributed by atoms with Gasteiger partial charge < -0.3 is 10.2 Å². The number of halogens is 3. The summed E-state index contributed by atoms with van der Waals surface area (Å²) in [5, 5.41) is 20.8. The molecule has 0 aromatic carbocycles. The summed E-state index contributed by atoms with van der Waals surface area (Å²) in [6, 6.07) is 0. The van der Waals surface area contributed by atoms with Crippen molar-refractivity contribution in [3.63, 3.8) is 0 Å². The van der Waals surface area contributed by atoms with E-state index in [1.54, 1.807) is 0 Å². The van der Waals surface area contributed by atoms with Crippen LogP contribution >= 0.6 is 0 Å². The first-order chi connectivity index (χ1) is 15.3. The molecule has 33 heavy (non-hydrogen) atoms. The van der Waals surface area contributed by atoms with Gasteiger partial charge in [-0.25, -0.2) is 0 Å². The van der Waals surface area contributed by atoms with Crippen LogP contribution in [0.1, 0.15) is 105 Å². The Morgan fingerprint density at radius 3 is 2.45 bits per heavy atom. The van der Waals surface area contributed by atoms with E-state index in [1.165, 1.54) is 31.3 Å². The lowest BCUT2D eigenvalue weighted by Gasteiger charge is -2.59.